The normalized spacial score (nSPS) is 11.0. The summed E-state index contributed by atoms with van der Waals surface area (Å²) >= 11 is 11.7. The fourth-order valence-electron chi connectivity index (χ4n) is 4.02. The zero-order valence-corrected chi connectivity index (χ0v) is 20.1. The highest BCUT2D eigenvalue weighted by molar-refractivity contribution is 7.80. The molecule has 0 saturated carbocycles. The Hall–Kier alpha value is -3.74. The van der Waals surface area contributed by atoms with Crippen LogP contribution in [0.25, 0.3) is 33.3 Å². The highest BCUT2D eigenvalue weighted by Gasteiger charge is 2.14. The lowest BCUT2D eigenvalue weighted by molar-refractivity contribution is 0.0977. The number of fused-ring (bicyclic) bond motifs is 2. The van der Waals surface area contributed by atoms with Gasteiger partial charge in [-0.1, -0.05) is 53.1 Å². The molecule has 1 heterocycles. The van der Waals surface area contributed by atoms with Gasteiger partial charge in [0.25, 0.3) is 5.91 Å². The Balaban J connectivity index is 1.38. The molecule has 2 N–H and O–H groups in total. The number of nitrogens with one attached hydrogen (secondary N) is 2. The van der Waals surface area contributed by atoms with E-state index in [1.54, 1.807) is 0 Å². The van der Waals surface area contributed by atoms with Gasteiger partial charge in [-0.15, -0.1) is 0 Å². The molecule has 0 saturated heterocycles. The van der Waals surface area contributed by atoms with Crippen LogP contribution in [-0.2, 0) is 0 Å². The van der Waals surface area contributed by atoms with Crippen LogP contribution in [0.15, 0.2) is 77.2 Å². The molecule has 7 heteroatoms. The number of hydrogen-bond donors (Lipinski definition) is 2. The lowest BCUT2D eigenvalue weighted by Gasteiger charge is -2.10. The van der Waals surface area contributed by atoms with Crippen LogP contribution in [0.2, 0.25) is 5.02 Å². The van der Waals surface area contributed by atoms with Gasteiger partial charge in [0.05, 0.1) is 0 Å². The zero-order chi connectivity index (χ0) is 23.8. The summed E-state index contributed by atoms with van der Waals surface area (Å²) in [5.74, 6) is 0.245. The molecule has 5 nitrogen and oxygen atoms in total. The van der Waals surface area contributed by atoms with Gasteiger partial charge >= 0.3 is 0 Å². The molecule has 5 rings (SSSR count). The lowest BCUT2D eigenvalue weighted by atomic mass is 10.0. The van der Waals surface area contributed by atoms with E-state index in [9.17, 15) is 4.79 Å². The van der Waals surface area contributed by atoms with Crippen LogP contribution >= 0.6 is 23.8 Å². The minimum absolute atomic E-state index is 0.205. The second-order valence-electron chi connectivity index (χ2n) is 8.13. The Labute approximate surface area is 206 Å². The van der Waals surface area contributed by atoms with Crippen LogP contribution in [-0.4, -0.2) is 16.0 Å². The van der Waals surface area contributed by atoms with Crippen molar-refractivity contribution >= 4 is 62.4 Å². The highest BCUT2D eigenvalue weighted by atomic mass is 35.5. The van der Waals surface area contributed by atoms with Crippen molar-refractivity contribution in [2.75, 3.05) is 5.32 Å². The molecular weight excluding hydrogens is 466 g/mol. The number of amides is 1. The Bertz CT molecular complexity index is 1570. The SMILES string of the molecule is Cc1cc(C)cc(C(=O)NC(=S)Nc2ccc3oc(-c4cccc5c(Cl)cccc45)nc3c2)c1. The minimum atomic E-state index is -0.260. The number of rotatable bonds is 3. The Morgan fingerprint density at radius 2 is 1.68 bits per heavy atom. The maximum atomic E-state index is 12.6. The van der Waals surface area contributed by atoms with E-state index in [4.69, 9.17) is 28.2 Å². The van der Waals surface area contributed by atoms with Crippen molar-refractivity contribution in [2.45, 2.75) is 13.8 Å². The first-order chi connectivity index (χ1) is 16.4. The molecule has 0 aliphatic rings. The molecular formula is C27H20ClN3O2S. The van der Waals surface area contributed by atoms with Crippen LogP contribution in [0, 0.1) is 13.8 Å². The predicted octanol–water partition coefficient (Wildman–Crippen LogP) is 7.05. The molecule has 0 spiro atoms. The van der Waals surface area contributed by atoms with Crippen LogP contribution < -0.4 is 10.6 Å². The monoisotopic (exact) mass is 485 g/mol. The number of hydrogen-bond acceptors (Lipinski definition) is 4. The molecule has 0 fully saturated rings. The van der Waals surface area contributed by atoms with E-state index in [0.717, 1.165) is 27.5 Å². The Morgan fingerprint density at radius 1 is 0.941 bits per heavy atom. The molecule has 4 aromatic carbocycles. The summed E-state index contributed by atoms with van der Waals surface area (Å²) in [6, 6.07) is 22.8. The van der Waals surface area contributed by atoms with Crippen molar-refractivity contribution in [2.24, 2.45) is 0 Å². The van der Waals surface area contributed by atoms with Crippen molar-refractivity contribution in [1.82, 2.24) is 10.3 Å². The fraction of sp³-hybridized carbons (Fsp3) is 0.0741. The summed E-state index contributed by atoms with van der Waals surface area (Å²) in [5.41, 5.74) is 5.47. The van der Waals surface area contributed by atoms with E-state index in [1.807, 2.05) is 86.6 Å². The molecule has 1 aromatic heterocycles. The molecule has 34 heavy (non-hydrogen) atoms. The standard InChI is InChI=1S/C27H20ClN3O2S/c1-15-11-16(2)13-17(12-15)25(32)31-27(34)29-18-9-10-24-23(14-18)30-26(33-24)21-7-3-6-20-19(21)5-4-8-22(20)28/h3-14H,1-2H3,(H2,29,31,32,34). The third kappa shape index (κ3) is 4.38. The van der Waals surface area contributed by atoms with E-state index in [2.05, 4.69) is 15.6 Å². The van der Waals surface area contributed by atoms with Crippen LogP contribution in [0.4, 0.5) is 5.69 Å². The first kappa shape index (κ1) is 22.1. The number of halogens is 1. The van der Waals surface area contributed by atoms with Gasteiger partial charge in [-0.3, -0.25) is 10.1 Å². The van der Waals surface area contributed by atoms with Crippen molar-refractivity contribution in [3.63, 3.8) is 0 Å². The Kier molecular flexibility index (Phi) is 5.77. The summed E-state index contributed by atoms with van der Waals surface area (Å²) in [6.45, 7) is 3.91. The Morgan fingerprint density at radius 3 is 2.47 bits per heavy atom. The molecule has 168 valence electrons. The maximum absolute atomic E-state index is 12.6. The average molecular weight is 486 g/mol. The third-order valence-corrected chi connectivity index (χ3v) is 5.99. The number of aromatic nitrogens is 1. The second kappa shape index (κ2) is 8.89. The number of benzene rings is 4. The van der Waals surface area contributed by atoms with Gasteiger partial charge in [-0.2, -0.15) is 0 Å². The zero-order valence-electron chi connectivity index (χ0n) is 18.5. The number of aryl methyl sites for hydroxylation is 2. The van der Waals surface area contributed by atoms with Gasteiger partial charge in [0.15, 0.2) is 10.7 Å². The van der Waals surface area contributed by atoms with Crippen molar-refractivity contribution < 1.29 is 9.21 Å². The van der Waals surface area contributed by atoms with E-state index in [0.29, 0.717) is 33.3 Å². The van der Waals surface area contributed by atoms with Gasteiger partial charge in [0.1, 0.15) is 5.52 Å². The van der Waals surface area contributed by atoms with Gasteiger partial charge in [-0.05, 0) is 73.9 Å². The van der Waals surface area contributed by atoms with E-state index >= 15 is 0 Å². The molecule has 1 amide bonds. The van der Waals surface area contributed by atoms with Crippen molar-refractivity contribution in [3.05, 3.63) is 94.5 Å². The van der Waals surface area contributed by atoms with Crippen molar-refractivity contribution in [3.8, 4) is 11.5 Å². The molecule has 0 aliphatic heterocycles. The lowest BCUT2D eigenvalue weighted by Crippen LogP contribution is -2.34. The second-order valence-corrected chi connectivity index (χ2v) is 8.94. The van der Waals surface area contributed by atoms with E-state index < -0.39 is 0 Å². The number of carbonyl (C=O) groups is 1. The first-order valence-corrected chi connectivity index (χ1v) is 11.4. The van der Waals surface area contributed by atoms with Crippen LogP contribution in [0.3, 0.4) is 0 Å². The molecule has 0 bridgehead atoms. The first-order valence-electron chi connectivity index (χ1n) is 10.7. The summed E-state index contributed by atoms with van der Waals surface area (Å²) in [6.07, 6.45) is 0. The summed E-state index contributed by atoms with van der Waals surface area (Å²) in [5, 5.41) is 8.57. The van der Waals surface area contributed by atoms with E-state index in [1.165, 1.54) is 0 Å². The molecule has 0 unspecified atom stereocenters. The largest absolute Gasteiger partial charge is 0.436 e. The maximum Gasteiger partial charge on any atom is 0.257 e. The fourth-order valence-corrected chi connectivity index (χ4v) is 4.47. The molecule has 0 aliphatic carbocycles. The topological polar surface area (TPSA) is 67.2 Å². The van der Waals surface area contributed by atoms with Gasteiger partial charge in [0.2, 0.25) is 5.89 Å². The number of carbonyl (C=O) groups excluding carboxylic acids is 1. The smallest absolute Gasteiger partial charge is 0.257 e. The summed E-state index contributed by atoms with van der Waals surface area (Å²) < 4.78 is 6.02. The summed E-state index contributed by atoms with van der Waals surface area (Å²) in [7, 11) is 0. The highest BCUT2D eigenvalue weighted by Crippen LogP contribution is 2.33. The number of oxazole rings is 1. The number of nitrogens with zero attached hydrogens (tertiary/aromatic N) is 1. The van der Waals surface area contributed by atoms with E-state index in [-0.39, 0.29) is 11.0 Å². The molecule has 0 radical (unpaired) electrons. The summed E-state index contributed by atoms with van der Waals surface area (Å²) in [4.78, 5) is 17.3. The number of thiocarbonyl (C=S) groups is 1. The average Bonchev–Trinajstić information content (AvgIpc) is 3.21. The molecule has 0 atom stereocenters. The van der Waals surface area contributed by atoms with Crippen LogP contribution in [0.5, 0.6) is 0 Å². The predicted molar refractivity (Wildman–Crippen MR) is 142 cm³/mol. The minimum Gasteiger partial charge on any atom is -0.436 e. The quantitative estimate of drug-likeness (QED) is 0.268. The van der Waals surface area contributed by atoms with Gasteiger partial charge < -0.3 is 9.73 Å². The molecule has 5 aromatic rings. The third-order valence-electron chi connectivity index (χ3n) is 5.46. The van der Waals surface area contributed by atoms with Crippen molar-refractivity contribution in [1.29, 1.82) is 0 Å². The van der Waals surface area contributed by atoms with Crippen LogP contribution in [0.1, 0.15) is 21.5 Å². The van der Waals surface area contributed by atoms with Gasteiger partial charge in [-0.25, -0.2) is 4.98 Å². The van der Waals surface area contributed by atoms with Gasteiger partial charge in [0, 0.05) is 27.2 Å². The number of anilines is 1.